The molecule has 0 aliphatic heterocycles. The molecule has 0 fully saturated rings. The molecular formula is C20H18N4NaO5S+. The molecule has 11 heteroatoms. The molecule has 0 aromatic heterocycles. The topological polar surface area (TPSA) is 137 Å². The third kappa shape index (κ3) is 6.18. The second-order valence-electron chi connectivity index (χ2n) is 6.53. The SMILES string of the molecule is Cc1ccc(N/N=c2/ccc(=O)/c(=N\Nc3ccc(S(=O)(=O)O)cc3)c2=O)c(C)c1.[Na+]. The van der Waals surface area contributed by atoms with E-state index in [0.717, 1.165) is 28.9 Å². The predicted molar refractivity (Wildman–Crippen MR) is 112 cm³/mol. The van der Waals surface area contributed by atoms with Gasteiger partial charge in [0, 0.05) is 0 Å². The van der Waals surface area contributed by atoms with Crippen LogP contribution in [-0.2, 0) is 10.1 Å². The van der Waals surface area contributed by atoms with Gasteiger partial charge in [-0.15, -0.1) is 0 Å². The number of hydrogen-bond acceptors (Lipinski definition) is 8. The van der Waals surface area contributed by atoms with Gasteiger partial charge in [0.2, 0.25) is 10.9 Å². The summed E-state index contributed by atoms with van der Waals surface area (Å²) in [6.07, 6.45) is 0. The monoisotopic (exact) mass is 449 g/mol. The summed E-state index contributed by atoms with van der Waals surface area (Å²) in [4.78, 5) is 24.3. The summed E-state index contributed by atoms with van der Waals surface area (Å²) in [5.74, 6) is 0. The van der Waals surface area contributed by atoms with Crippen molar-refractivity contribution in [3.63, 3.8) is 0 Å². The first kappa shape index (κ1) is 24.6. The fraction of sp³-hybridized carbons (Fsp3) is 0.100. The maximum Gasteiger partial charge on any atom is 1.00 e. The molecule has 0 saturated carbocycles. The van der Waals surface area contributed by atoms with Crippen LogP contribution in [0.15, 0.2) is 79.3 Å². The van der Waals surface area contributed by atoms with Gasteiger partial charge >= 0.3 is 29.6 Å². The van der Waals surface area contributed by atoms with E-state index in [-0.39, 0.29) is 45.2 Å². The molecule has 3 aromatic rings. The summed E-state index contributed by atoms with van der Waals surface area (Å²) in [7, 11) is -4.32. The van der Waals surface area contributed by atoms with Crippen LogP contribution >= 0.6 is 0 Å². The van der Waals surface area contributed by atoms with Crippen molar-refractivity contribution in [3.8, 4) is 0 Å². The molecule has 0 spiro atoms. The number of anilines is 2. The fourth-order valence-corrected chi connectivity index (χ4v) is 3.10. The van der Waals surface area contributed by atoms with Crippen molar-refractivity contribution in [3.05, 3.63) is 96.9 Å². The molecule has 3 aromatic carbocycles. The van der Waals surface area contributed by atoms with Gasteiger partial charge in [-0.3, -0.25) is 25.0 Å². The summed E-state index contributed by atoms with van der Waals surface area (Å²) in [5, 5.41) is 7.56. The molecule has 154 valence electrons. The standard InChI is InChI=1S/C20H18N4O5S.Na/c1-12-3-8-16(13(2)11-12)22-23-17-9-10-18(25)19(20(17)26)24-21-14-4-6-15(7-5-14)30(27,28)29;/h3-11,21-22H,1-2H3,(H,27,28,29);/q;+1/b23-17-,24-19+;. The zero-order chi connectivity index (χ0) is 21.9. The summed E-state index contributed by atoms with van der Waals surface area (Å²) in [6, 6.07) is 13.2. The number of nitrogens with one attached hydrogen (secondary N) is 2. The average Bonchev–Trinajstić information content (AvgIpc) is 2.68. The van der Waals surface area contributed by atoms with E-state index in [4.69, 9.17) is 4.55 Å². The minimum atomic E-state index is -4.32. The van der Waals surface area contributed by atoms with E-state index >= 15 is 0 Å². The molecule has 9 nitrogen and oxygen atoms in total. The largest absolute Gasteiger partial charge is 1.00 e. The Hall–Kier alpha value is -2.63. The second kappa shape index (κ2) is 10.1. The smallest absolute Gasteiger partial charge is 0.287 e. The van der Waals surface area contributed by atoms with Crippen molar-refractivity contribution >= 4 is 21.5 Å². The van der Waals surface area contributed by atoms with Gasteiger partial charge in [0.05, 0.1) is 16.3 Å². The first-order chi connectivity index (χ1) is 14.1. The van der Waals surface area contributed by atoms with Crippen molar-refractivity contribution in [2.75, 3.05) is 10.9 Å². The normalized spacial score (nSPS) is 12.4. The van der Waals surface area contributed by atoms with E-state index in [1.807, 2.05) is 32.0 Å². The minimum Gasteiger partial charge on any atom is -0.287 e. The van der Waals surface area contributed by atoms with Crippen molar-refractivity contribution < 1.29 is 42.5 Å². The molecule has 3 N–H and O–H groups in total. The summed E-state index contributed by atoms with van der Waals surface area (Å²) in [6.45, 7) is 3.87. The molecular weight excluding hydrogens is 431 g/mol. The van der Waals surface area contributed by atoms with Gasteiger partial charge in [0.25, 0.3) is 10.1 Å². The molecule has 0 saturated heterocycles. The van der Waals surface area contributed by atoms with Gasteiger partial charge in [-0.2, -0.15) is 18.6 Å². The Morgan fingerprint density at radius 1 is 0.871 bits per heavy atom. The van der Waals surface area contributed by atoms with Crippen LogP contribution in [0.3, 0.4) is 0 Å². The Bertz CT molecular complexity index is 1430. The van der Waals surface area contributed by atoms with Crippen LogP contribution in [0, 0.1) is 13.8 Å². The summed E-state index contributed by atoms with van der Waals surface area (Å²) < 4.78 is 31.1. The molecule has 3 rings (SSSR count). The summed E-state index contributed by atoms with van der Waals surface area (Å²) >= 11 is 0. The Balaban J connectivity index is 0.00000341. The van der Waals surface area contributed by atoms with E-state index in [2.05, 4.69) is 21.1 Å². The maximum absolute atomic E-state index is 12.6. The Morgan fingerprint density at radius 3 is 2.16 bits per heavy atom. The Kier molecular flexibility index (Phi) is 8.04. The van der Waals surface area contributed by atoms with Crippen LogP contribution in [0.1, 0.15) is 11.1 Å². The van der Waals surface area contributed by atoms with Crippen molar-refractivity contribution in [1.29, 1.82) is 0 Å². The van der Waals surface area contributed by atoms with E-state index in [1.165, 1.54) is 24.3 Å². The van der Waals surface area contributed by atoms with E-state index in [0.29, 0.717) is 5.69 Å². The third-order valence-electron chi connectivity index (χ3n) is 4.20. The zero-order valence-corrected chi connectivity index (χ0v) is 19.9. The van der Waals surface area contributed by atoms with Gasteiger partial charge in [-0.25, -0.2) is 0 Å². The maximum atomic E-state index is 12.6. The number of hydrogen-bond donors (Lipinski definition) is 3. The Morgan fingerprint density at radius 2 is 1.55 bits per heavy atom. The first-order valence-electron chi connectivity index (χ1n) is 8.74. The molecule has 0 atom stereocenters. The van der Waals surface area contributed by atoms with Gasteiger partial charge in [0.1, 0.15) is 5.36 Å². The molecule has 0 heterocycles. The van der Waals surface area contributed by atoms with E-state index in [1.54, 1.807) is 0 Å². The molecule has 0 aliphatic carbocycles. The molecule has 0 unspecified atom stereocenters. The summed E-state index contributed by atoms with van der Waals surface area (Å²) in [5.41, 5.74) is 7.17. The second-order valence-corrected chi connectivity index (χ2v) is 7.95. The fourth-order valence-electron chi connectivity index (χ4n) is 2.62. The Labute approximate surface area is 199 Å². The number of aryl methyl sites for hydroxylation is 2. The van der Waals surface area contributed by atoms with Crippen LogP contribution in [0.25, 0.3) is 0 Å². The van der Waals surface area contributed by atoms with Crippen molar-refractivity contribution in [2.24, 2.45) is 10.2 Å². The minimum absolute atomic E-state index is 0. The number of rotatable bonds is 5. The van der Waals surface area contributed by atoms with Crippen LogP contribution in [0.4, 0.5) is 11.4 Å². The van der Waals surface area contributed by atoms with Crippen LogP contribution in [-0.4, -0.2) is 13.0 Å². The van der Waals surface area contributed by atoms with Crippen molar-refractivity contribution in [2.45, 2.75) is 18.7 Å². The van der Waals surface area contributed by atoms with Crippen molar-refractivity contribution in [1.82, 2.24) is 0 Å². The van der Waals surface area contributed by atoms with E-state index < -0.39 is 21.0 Å². The molecule has 0 amide bonds. The number of benzene rings is 3. The molecule has 0 bridgehead atoms. The van der Waals surface area contributed by atoms with Gasteiger partial charge in [-0.05, 0) is 61.9 Å². The van der Waals surface area contributed by atoms with Crippen LogP contribution in [0.2, 0.25) is 0 Å². The molecule has 0 radical (unpaired) electrons. The van der Waals surface area contributed by atoms with Gasteiger partial charge < -0.3 is 0 Å². The molecule has 0 aliphatic rings. The number of nitrogens with zero attached hydrogens (tertiary/aromatic N) is 2. The predicted octanol–water partition coefficient (Wildman–Crippen LogP) is -1.99. The van der Waals surface area contributed by atoms with Gasteiger partial charge in [-0.1, -0.05) is 17.7 Å². The quantitative estimate of drug-likeness (QED) is 0.233. The van der Waals surface area contributed by atoms with Gasteiger partial charge in [0.15, 0.2) is 5.36 Å². The zero-order valence-electron chi connectivity index (χ0n) is 17.1. The van der Waals surface area contributed by atoms with Crippen LogP contribution in [0.5, 0.6) is 0 Å². The average molecular weight is 449 g/mol. The van der Waals surface area contributed by atoms with E-state index in [9.17, 15) is 18.0 Å². The first-order valence-corrected chi connectivity index (χ1v) is 10.2. The third-order valence-corrected chi connectivity index (χ3v) is 5.07. The van der Waals surface area contributed by atoms with Crippen LogP contribution < -0.4 is 62.0 Å². The molecule has 31 heavy (non-hydrogen) atoms.